The molecule has 2 rings (SSSR count). The van der Waals surface area contributed by atoms with E-state index in [1.807, 2.05) is 11.8 Å². The van der Waals surface area contributed by atoms with Gasteiger partial charge in [0.2, 0.25) is 0 Å². The van der Waals surface area contributed by atoms with Gasteiger partial charge in [-0.3, -0.25) is 4.99 Å². The maximum absolute atomic E-state index is 4.66. The van der Waals surface area contributed by atoms with Gasteiger partial charge in [-0.1, -0.05) is 13.8 Å². The molecule has 1 atom stereocenters. The summed E-state index contributed by atoms with van der Waals surface area (Å²) in [5, 5.41) is 0. The summed E-state index contributed by atoms with van der Waals surface area (Å²) in [4.78, 5) is 4.98. The molecule has 0 N–H and O–H groups in total. The van der Waals surface area contributed by atoms with Gasteiger partial charge in [-0.2, -0.15) is 0 Å². The second kappa shape index (κ2) is 1.60. The van der Waals surface area contributed by atoms with Gasteiger partial charge in [0.15, 0.2) is 0 Å². The Morgan fingerprint density at radius 1 is 1.50 bits per heavy atom. The quantitative estimate of drug-likeness (QED) is 0.523. The van der Waals surface area contributed by atoms with E-state index in [4.69, 9.17) is 0 Å². The minimum atomic E-state index is 0.317. The van der Waals surface area contributed by atoms with Crippen LogP contribution in [0.1, 0.15) is 27.2 Å². The van der Waals surface area contributed by atoms with Crippen LogP contribution < -0.4 is 0 Å². The van der Waals surface area contributed by atoms with E-state index < -0.39 is 0 Å². The van der Waals surface area contributed by atoms with Crippen molar-refractivity contribution in [2.75, 3.05) is 5.75 Å². The molecule has 1 heterocycles. The normalized spacial score (nSPS) is 42.1. The van der Waals surface area contributed by atoms with E-state index in [9.17, 15) is 0 Å². The highest BCUT2D eigenvalue weighted by Crippen LogP contribution is 2.66. The van der Waals surface area contributed by atoms with Crippen molar-refractivity contribution in [3.8, 4) is 0 Å². The molecule has 1 nitrogen and oxygen atoms in total. The molecule has 2 heteroatoms. The van der Waals surface area contributed by atoms with E-state index in [-0.39, 0.29) is 0 Å². The van der Waals surface area contributed by atoms with Gasteiger partial charge in [-0.25, -0.2) is 0 Å². The van der Waals surface area contributed by atoms with Crippen LogP contribution in [0.15, 0.2) is 4.99 Å². The maximum atomic E-state index is 4.66. The highest BCUT2D eigenvalue weighted by molar-refractivity contribution is 8.02. The van der Waals surface area contributed by atoms with Crippen molar-refractivity contribution in [2.24, 2.45) is 10.4 Å². The van der Waals surface area contributed by atoms with E-state index in [1.165, 1.54) is 12.1 Å². The van der Waals surface area contributed by atoms with Crippen LogP contribution >= 0.6 is 11.8 Å². The Hall–Kier alpha value is 0.0200. The third-order valence-corrected chi connectivity index (χ3v) is 4.33. The van der Waals surface area contributed by atoms with Gasteiger partial charge in [-0.15, -0.1) is 11.8 Å². The average Bonchev–Trinajstić information content (AvgIpc) is 2.20. The van der Waals surface area contributed by atoms with Gasteiger partial charge in [0.25, 0.3) is 0 Å². The zero-order valence-electron chi connectivity index (χ0n) is 6.77. The fraction of sp³-hybridized carbons (Fsp3) is 0.875. The first-order valence-electron chi connectivity index (χ1n) is 3.75. The van der Waals surface area contributed by atoms with Crippen LogP contribution in [0.3, 0.4) is 0 Å². The molecule has 1 saturated carbocycles. The Bertz CT molecular complexity index is 207. The van der Waals surface area contributed by atoms with Crippen molar-refractivity contribution >= 4 is 17.5 Å². The van der Waals surface area contributed by atoms with Crippen molar-refractivity contribution in [1.82, 2.24) is 0 Å². The van der Waals surface area contributed by atoms with Crippen LogP contribution in [-0.4, -0.2) is 16.3 Å². The zero-order chi connectivity index (χ0) is 7.41. The highest BCUT2D eigenvalue weighted by atomic mass is 32.2. The van der Waals surface area contributed by atoms with E-state index in [2.05, 4.69) is 25.8 Å². The van der Waals surface area contributed by atoms with Gasteiger partial charge in [0, 0.05) is 16.9 Å². The van der Waals surface area contributed by atoms with Gasteiger partial charge in [-0.05, 0) is 13.3 Å². The third-order valence-electron chi connectivity index (χ3n) is 2.51. The van der Waals surface area contributed by atoms with Crippen LogP contribution in [-0.2, 0) is 0 Å². The molecule has 0 aromatic carbocycles. The van der Waals surface area contributed by atoms with Crippen LogP contribution in [0.25, 0.3) is 0 Å². The third kappa shape index (κ3) is 0.685. The average molecular weight is 155 g/mol. The van der Waals surface area contributed by atoms with Gasteiger partial charge in [0.05, 0.1) is 0 Å². The molecule has 0 radical (unpaired) electrons. The number of aliphatic imine (C=N–C) groups is 1. The molecule has 1 spiro atoms. The van der Waals surface area contributed by atoms with Crippen molar-refractivity contribution in [1.29, 1.82) is 0 Å². The topological polar surface area (TPSA) is 12.4 Å². The second-order valence-corrected chi connectivity index (χ2v) is 5.23. The lowest BCUT2D eigenvalue weighted by Gasteiger charge is -2.07. The Morgan fingerprint density at radius 2 is 2.10 bits per heavy atom. The largest absolute Gasteiger partial charge is 0.275 e. The number of hydrogen-bond acceptors (Lipinski definition) is 2. The molecule has 1 aliphatic heterocycles. The monoisotopic (exact) mass is 155 g/mol. The first kappa shape index (κ1) is 6.71. The van der Waals surface area contributed by atoms with Crippen LogP contribution in [0, 0.1) is 5.41 Å². The van der Waals surface area contributed by atoms with Gasteiger partial charge < -0.3 is 0 Å². The lowest BCUT2D eigenvalue weighted by Crippen LogP contribution is -2.04. The first-order valence-corrected chi connectivity index (χ1v) is 4.74. The molecule has 1 aliphatic carbocycles. The second-order valence-electron chi connectivity index (χ2n) is 3.98. The summed E-state index contributed by atoms with van der Waals surface area (Å²) in [6.45, 7) is 6.75. The van der Waals surface area contributed by atoms with E-state index in [0.717, 1.165) is 5.75 Å². The summed E-state index contributed by atoms with van der Waals surface area (Å²) in [7, 11) is 0. The number of nitrogens with zero attached hydrogens (tertiary/aromatic N) is 1. The molecule has 0 bridgehead atoms. The van der Waals surface area contributed by atoms with Crippen molar-refractivity contribution < 1.29 is 0 Å². The highest BCUT2D eigenvalue weighted by Gasteiger charge is 2.63. The zero-order valence-corrected chi connectivity index (χ0v) is 7.59. The molecule has 2 aliphatic rings. The van der Waals surface area contributed by atoms with Crippen molar-refractivity contribution in [3.63, 3.8) is 0 Å². The first-order chi connectivity index (χ1) is 4.56. The summed E-state index contributed by atoms with van der Waals surface area (Å²) in [6.07, 6.45) is 1.28. The molecular formula is C8H13NS. The molecular weight excluding hydrogens is 142 g/mol. The molecule has 1 unspecified atom stereocenters. The molecule has 56 valence electrons. The lowest BCUT2D eigenvalue weighted by molar-refractivity contribution is 0.600. The van der Waals surface area contributed by atoms with E-state index in [1.54, 1.807) is 0 Å². The fourth-order valence-electron chi connectivity index (χ4n) is 1.59. The molecule has 1 fully saturated rings. The molecule has 0 aromatic heterocycles. The Labute approximate surface area is 66.3 Å². The minimum Gasteiger partial charge on any atom is -0.275 e. The van der Waals surface area contributed by atoms with Gasteiger partial charge >= 0.3 is 0 Å². The van der Waals surface area contributed by atoms with Crippen molar-refractivity contribution in [3.05, 3.63) is 0 Å². The van der Waals surface area contributed by atoms with E-state index in [0.29, 0.717) is 10.3 Å². The molecule has 0 aromatic rings. The molecule has 0 saturated heterocycles. The number of thioether (sulfide) groups is 1. The van der Waals surface area contributed by atoms with Gasteiger partial charge in [0.1, 0.15) is 4.87 Å². The molecule has 0 amide bonds. The lowest BCUT2D eigenvalue weighted by atomic mass is 10.2. The number of rotatable bonds is 0. The fourth-order valence-corrected chi connectivity index (χ4v) is 3.18. The predicted octanol–water partition coefficient (Wildman–Crippen LogP) is 2.32. The molecule has 10 heavy (non-hydrogen) atoms. The van der Waals surface area contributed by atoms with Crippen molar-refractivity contribution in [2.45, 2.75) is 32.1 Å². The minimum absolute atomic E-state index is 0.317. The standard InChI is InChI=1S/C8H13NS/c1-6-4-10-8(9-6)5-7(8,2)3/h4-5H2,1-3H3. The number of hydrogen-bond donors (Lipinski definition) is 0. The summed E-state index contributed by atoms with van der Waals surface area (Å²) >= 11 is 2.02. The van der Waals surface area contributed by atoms with Crippen LogP contribution in [0.2, 0.25) is 0 Å². The maximum Gasteiger partial charge on any atom is 0.112 e. The predicted molar refractivity (Wildman–Crippen MR) is 46.7 cm³/mol. The Morgan fingerprint density at radius 3 is 2.30 bits per heavy atom. The summed E-state index contributed by atoms with van der Waals surface area (Å²) in [6, 6.07) is 0. The van der Waals surface area contributed by atoms with E-state index >= 15 is 0 Å². The van der Waals surface area contributed by atoms with Crippen LogP contribution in [0.5, 0.6) is 0 Å². The Kier molecular flexibility index (Phi) is 1.08. The SMILES string of the molecule is CC1=NC2(CC2(C)C)SC1. The summed E-state index contributed by atoms with van der Waals surface area (Å²) in [5.41, 5.74) is 1.81. The summed E-state index contributed by atoms with van der Waals surface area (Å²) < 4.78 is 0. The smallest absolute Gasteiger partial charge is 0.112 e. The Balaban J connectivity index is 2.24. The summed E-state index contributed by atoms with van der Waals surface area (Å²) in [5.74, 6) is 1.16. The van der Waals surface area contributed by atoms with Crippen LogP contribution in [0.4, 0.5) is 0 Å².